The summed E-state index contributed by atoms with van der Waals surface area (Å²) in [6.45, 7) is 2.39. The number of benzene rings is 2. The highest BCUT2D eigenvalue weighted by molar-refractivity contribution is 6.39. The Labute approximate surface area is 148 Å². The van der Waals surface area contributed by atoms with E-state index in [9.17, 15) is 4.79 Å². The van der Waals surface area contributed by atoms with E-state index in [-0.39, 0.29) is 18.0 Å². The van der Waals surface area contributed by atoms with E-state index in [1.54, 1.807) is 7.11 Å². The molecule has 0 bridgehead atoms. The second-order valence-corrected chi connectivity index (χ2v) is 6.19. The number of anilines is 1. The Hall–Kier alpha value is -2.66. The molecule has 1 amide bonds. The average Bonchev–Trinajstić information content (AvgIpc) is 3.09. The number of ether oxygens (including phenoxy) is 1. The molecular formula is C20H23N3O2. The molecule has 3 rings (SSSR count). The second-order valence-electron chi connectivity index (χ2n) is 6.19. The predicted octanol–water partition coefficient (Wildman–Crippen LogP) is 3.15. The first kappa shape index (κ1) is 17.2. The maximum absolute atomic E-state index is 12.6. The lowest BCUT2D eigenvalue weighted by atomic mass is 10.0. The third-order valence-corrected chi connectivity index (χ3v) is 4.17. The van der Waals surface area contributed by atoms with Crippen molar-refractivity contribution in [3.8, 4) is 0 Å². The third-order valence-electron chi connectivity index (χ3n) is 4.17. The molecule has 130 valence electrons. The van der Waals surface area contributed by atoms with Gasteiger partial charge in [0.2, 0.25) is 0 Å². The zero-order chi connectivity index (χ0) is 17.6. The van der Waals surface area contributed by atoms with Crippen molar-refractivity contribution in [3.63, 3.8) is 0 Å². The zero-order valence-electron chi connectivity index (χ0n) is 14.6. The van der Waals surface area contributed by atoms with Crippen molar-refractivity contribution in [1.82, 2.24) is 5.32 Å². The first-order valence-electron chi connectivity index (χ1n) is 8.45. The summed E-state index contributed by atoms with van der Waals surface area (Å²) in [5, 5.41) is 9.51. The van der Waals surface area contributed by atoms with Crippen molar-refractivity contribution in [2.24, 2.45) is 5.10 Å². The molecule has 1 aliphatic heterocycles. The van der Waals surface area contributed by atoms with Crippen molar-refractivity contribution in [2.45, 2.75) is 25.4 Å². The van der Waals surface area contributed by atoms with Crippen molar-refractivity contribution in [2.75, 3.05) is 18.7 Å². The van der Waals surface area contributed by atoms with E-state index in [2.05, 4.69) is 22.6 Å². The van der Waals surface area contributed by atoms with Crippen LogP contribution in [-0.4, -0.2) is 31.4 Å². The molecule has 0 saturated carbocycles. The van der Waals surface area contributed by atoms with Crippen LogP contribution >= 0.6 is 0 Å². The van der Waals surface area contributed by atoms with Crippen molar-refractivity contribution >= 4 is 17.3 Å². The van der Waals surface area contributed by atoms with Crippen molar-refractivity contribution < 1.29 is 9.53 Å². The number of para-hydroxylation sites is 1. The molecule has 2 aromatic rings. The summed E-state index contributed by atoms with van der Waals surface area (Å²) >= 11 is 0. The molecule has 0 spiro atoms. The van der Waals surface area contributed by atoms with Gasteiger partial charge in [-0.05, 0) is 24.6 Å². The number of nitrogens with one attached hydrogen (secondary N) is 1. The fourth-order valence-electron chi connectivity index (χ4n) is 3.00. The summed E-state index contributed by atoms with van der Waals surface area (Å²) in [6, 6.07) is 20.1. The van der Waals surface area contributed by atoms with Gasteiger partial charge in [0.05, 0.1) is 18.3 Å². The van der Waals surface area contributed by atoms with Crippen LogP contribution in [0.2, 0.25) is 0 Å². The van der Waals surface area contributed by atoms with Crippen LogP contribution in [0.1, 0.15) is 24.9 Å². The van der Waals surface area contributed by atoms with E-state index >= 15 is 0 Å². The number of carbonyl (C=O) groups excluding carboxylic acids is 1. The summed E-state index contributed by atoms with van der Waals surface area (Å²) in [4.78, 5) is 12.6. The lowest BCUT2D eigenvalue weighted by Crippen LogP contribution is -2.39. The number of rotatable bonds is 6. The van der Waals surface area contributed by atoms with E-state index in [1.807, 2.05) is 60.5 Å². The average molecular weight is 337 g/mol. The monoisotopic (exact) mass is 337 g/mol. The van der Waals surface area contributed by atoms with E-state index in [0.29, 0.717) is 18.7 Å². The third kappa shape index (κ3) is 4.06. The molecule has 5 heteroatoms. The van der Waals surface area contributed by atoms with E-state index in [4.69, 9.17) is 4.74 Å². The van der Waals surface area contributed by atoms with Gasteiger partial charge >= 0.3 is 0 Å². The van der Waals surface area contributed by atoms with Gasteiger partial charge in [0.15, 0.2) is 0 Å². The molecule has 0 aliphatic carbocycles. The molecule has 0 unspecified atom stereocenters. The molecule has 5 nitrogen and oxygen atoms in total. The van der Waals surface area contributed by atoms with Gasteiger partial charge < -0.3 is 10.1 Å². The highest BCUT2D eigenvalue weighted by atomic mass is 16.5. The smallest absolute Gasteiger partial charge is 0.267 e. The maximum atomic E-state index is 12.6. The molecule has 0 radical (unpaired) electrons. The lowest BCUT2D eigenvalue weighted by Gasteiger charge is -2.23. The van der Waals surface area contributed by atoms with Gasteiger partial charge in [0.25, 0.3) is 5.91 Å². The van der Waals surface area contributed by atoms with E-state index in [0.717, 1.165) is 11.3 Å². The Balaban J connectivity index is 1.85. The SMILES string of the molecule is COC[C@@H](C)NC(=O)C1=NN(c2ccccc2)[C@H](c2ccccc2)C1. The number of amides is 1. The maximum Gasteiger partial charge on any atom is 0.267 e. The standard InChI is InChI=1S/C20H23N3O2/c1-15(14-25-2)21-20(24)18-13-19(16-9-5-3-6-10-16)23(22-18)17-11-7-4-8-12-17/h3-12,15,19H,13-14H2,1-2H3,(H,21,24)/t15-,19+/m1/s1. The predicted molar refractivity (Wildman–Crippen MR) is 99.6 cm³/mol. The molecule has 2 aromatic carbocycles. The number of hydrogen-bond donors (Lipinski definition) is 1. The minimum atomic E-state index is -0.135. The lowest BCUT2D eigenvalue weighted by molar-refractivity contribution is -0.115. The summed E-state index contributed by atoms with van der Waals surface area (Å²) in [6.07, 6.45) is 0.574. The highest BCUT2D eigenvalue weighted by Gasteiger charge is 2.32. The summed E-state index contributed by atoms with van der Waals surface area (Å²) in [7, 11) is 1.62. The first-order valence-corrected chi connectivity index (χ1v) is 8.45. The number of methoxy groups -OCH3 is 1. The molecule has 25 heavy (non-hydrogen) atoms. The number of hydrogen-bond acceptors (Lipinski definition) is 4. The first-order chi connectivity index (χ1) is 12.2. The number of hydrazone groups is 1. The molecule has 1 heterocycles. The number of carbonyl (C=O) groups is 1. The zero-order valence-corrected chi connectivity index (χ0v) is 14.6. The molecule has 1 aliphatic rings. The quantitative estimate of drug-likeness (QED) is 0.881. The minimum absolute atomic E-state index is 0.0158. The Kier molecular flexibility index (Phi) is 5.46. The van der Waals surface area contributed by atoms with Gasteiger partial charge in [0, 0.05) is 19.6 Å². The van der Waals surface area contributed by atoms with Gasteiger partial charge in [-0.25, -0.2) is 0 Å². The topological polar surface area (TPSA) is 53.9 Å². The summed E-state index contributed by atoms with van der Waals surface area (Å²) < 4.78 is 5.08. The van der Waals surface area contributed by atoms with Crippen LogP contribution in [-0.2, 0) is 9.53 Å². The molecule has 2 atom stereocenters. The molecule has 0 aromatic heterocycles. The van der Waals surface area contributed by atoms with Gasteiger partial charge in [0.1, 0.15) is 5.71 Å². The fourth-order valence-corrected chi connectivity index (χ4v) is 3.00. The largest absolute Gasteiger partial charge is 0.383 e. The Morgan fingerprint density at radius 3 is 2.48 bits per heavy atom. The van der Waals surface area contributed by atoms with Crippen LogP contribution in [0, 0.1) is 0 Å². The van der Waals surface area contributed by atoms with Gasteiger partial charge in [-0.15, -0.1) is 0 Å². The minimum Gasteiger partial charge on any atom is -0.383 e. The van der Waals surface area contributed by atoms with Gasteiger partial charge in [-0.1, -0.05) is 48.5 Å². The molecule has 1 N–H and O–H groups in total. The second kappa shape index (κ2) is 7.94. The molecular weight excluding hydrogens is 314 g/mol. The van der Waals surface area contributed by atoms with Crippen LogP contribution in [0.5, 0.6) is 0 Å². The van der Waals surface area contributed by atoms with Crippen LogP contribution in [0.4, 0.5) is 5.69 Å². The van der Waals surface area contributed by atoms with Crippen LogP contribution in [0.15, 0.2) is 65.8 Å². The molecule has 0 saturated heterocycles. The van der Waals surface area contributed by atoms with E-state index < -0.39 is 0 Å². The van der Waals surface area contributed by atoms with Crippen LogP contribution in [0.25, 0.3) is 0 Å². The molecule has 0 fully saturated rings. The van der Waals surface area contributed by atoms with Crippen molar-refractivity contribution in [3.05, 3.63) is 66.2 Å². The highest BCUT2D eigenvalue weighted by Crippen LogP contribution is 2.34. The van der Waals surface area contributed by atoms with Crippen LogP contribution < -0.4 is 10.3 Å². The normalized spacial score (nSPS) is 17.9. The van der Waals surface area contributed by atoms with Crippen LogP contribution in [0.3, 0.4) is 0 Å². The van der Waals surface area contributed by atoms with E-state index in [1.165, 1.54) is 0 Å². The van der Waals surface area contributed by atoms with Gasteiger partial charge in [-0.3, -0.25) is 9.80 Å². The Morgan fingerprint density at radius 2 is 1.84 bits per heavy atom. The van der Waals surface area contributed by atoms with Gasteiger partial charge in [-0.2, -0.15) is 5.10 Å². The Morgan fingerprint density at radius 1 is 1.20 bits per heavy atom. The summed E-state index contributed by atoms with van der Waals surface area (Å²) in [5.41, 5.74) is 2.66. The summed E-state index contributed by atoms with van der Waals surface area (Å²) in [5.74, 6) is -0.135. The van der Waals surface area contributed by atoms with Crippen molar-refractivity contribution in [1.29, 1.82) is 0 Å². The Bertz CT molecular complexity index is 731. The number of nitrogens with zero attached hydrogens (tertiary/aromatic N) is 2. The fraction of sp³-hybridized carbons (Fsp3) is 0.300.